The van der Waals surface area contributed by atoms with Crippen molar-refractivity contribution >= 4 is 11.9 Å². The second-order valence-electron chi connectivity index (χ2n) is 6.03. The Morgan fingerprint density at radius 2 is 1.58 bits per heavy atom. The summed E-state index contributed by atoms with van der Waals surface area (Å²) in [5, 5.41) is 9.40. The van der Waals surface area contributed by atoms with Gasteiger partial charge in [0.05, 0.1) is 18.7 Å². The summed E-state index contributed by atoms with van der Waals surface area (Å²) in [6, 6.07) is 12.7. The Morgan fingerprint density at radius 3 is 2.23 bits per heavy atom. The third-order valence-corrected chi connectivity index (χ3v) is 4.13. The predicted molar refractivity (Wildman–Crippen MR) is 90.5 cm³/mol. The van der Waals surface area contributed by atoms with Crippen LogP contribution in [0.3, 0.4) is 0 Å². The quantitative estimate of drug-likeness (QED) is 0.912. The van der Waals surface area contributed by atoms with Crippen LogP contribution < -0.4 is 0 Å². The van der Waals surface area contributed by atoms with Crippen molar-refractivity contribution in [3.63, 3.8) is 0 Å². The molecule has 0 aromatic heterocycles. The number of ether oxygens (including phenoxy) is 1. The van der Waals surface area contributed by atoms with Crippen molar-refractivity contribution in [1.82, 2.24) is 4.90 Å². The van der Waals surface area contributed by atoms with Crippen LogP contribution in [0.1, 0.15) is 20.7 Å². The molecule has 0 spiro atoms. The number of carboxylic acid groups (broad SMARTS) is 1. The molecular formula is C19H17F2NO4. The van der Waals surface area contributed by atoms with E-state index in [4.69, 9.17) is 4.74 Å². The zero-order valence-corrected chi connectivity index (χ0v) is 13.8. The van der Waals surface area contributed by atoms with Crippen molar-refractivity contribution in [3.8, 4) is 11.1 Å². The van der Waals surface area contributed by atoms with Gasteiger partial charge in [0, 0.05) is 12.1 Å². The van der Waals surface area contributed by atoms with Gasteiger partial charge in [0.2, 0.25) is 0 Å². The summed E-state index contributed by atoms with van der Waals surface area (Å²) >= 11 is 0. The van der Waals surface area contributed by atoms with Gasteiger partial charge in [-0.15, -0.1) is 0 Å². The lowest BCUT2D eigenvalue weighted by Crippen LogP contribution is -2.41. The largest absolute Gasteiger partial charge is 0.478 e. The van der Waals surface area contributed by atoms with Gasteiger partial charge in [0.15, 0.2) is 0 Å². The number of carboxylic acids is 1. The maximum absolute atomic E-state index is 13.8. The second-order valence-corrected chi connectivity index (χ2v) is 6.03. The minimum atomic E-state index is -3.12. The molecule has 1 heterocycles. The van der Waals surface area contributed by atoms with E-state index < -0.39 is 31.0 Å². The molecule has 2 aromatic rings. The van der Waals surface area contributed by atoms with Gasteiger partial charge in [-0.1, -0.05) is 36.4 Å². The number of rotatable bonds is 3. The lowest BCUT2D eigenvalue weighted by Gasteiger charge is -2.24. The fraction of sp³-hybridized carbons (Fsp3) is 0.263. The molecular weight excluding hydrogens is 344 g/mol. The lowest BCUT2D eigenvalue weighted by atomic mass is 9.94. The summed E-state index contributed by atoms with van der Waals surface area (Å²) in [4.78, 5) is 25.5. The average molecular weight is 361 g/mol. The van der Waals surface area contributed by atoms with Crippen LogP contribution in [-0.2, 0) is 4.74 Å². The molecule has 1 aliphatic rings. The summed E-state index contributed by atoms with van der Waals surface area (Å²) in [7, 11) is 0. The van der Waals surface area contributed by atoms with Gasteiger partial charge in [-0.2, -0.15) is 0 Å². The summed E-state index contributed by atoms with van der Waals surface area (Å²) in [6.07, 6.45) is 0. The van der Waals surface area contributed by atoms with Gasteiger partial charge >= 0.3 is 5.97 Å². The maximum atomic E-state index is 13.8. The van der Waals surface area contributed by atoms with Crippen LogP contribution in [0.4, 0.5) is 8.78 Å². The van der Waals surface area contributed by atoms with Crippen molar-refractivity contribution in [2.45, 2.75) is 5.92 Å². The normalized spacial score (nSPS) is 16.8. The van der Waals surface area contributed by atoms with E-state index in [0.717, 1.165) is 4.90 Å². The fourth-order valence-corrected chi connectivity index (χ4v) is 2.95. The van der Waals surface area contributed by atoms with Gasteiger partial charge in [0.25, 0.3) is 11.8 Å². The summed E-state index contributed by atoms with van der Waals surface area (Å²) < 4.78 is 32.4. The number of nitrogens with zero attached hydrogens (tertiary/aromatic N) is 1. The Labute approximate surface area is 148 Å². The number of alkyl halides is 2. The monoisotopic (exact) mass is 361 g/mol. The molecule has 0 saturated carbocycles. The topological polar surface area (TPSA) is 66.8 Å². The first-order valence-corrected chi connectivity index (χ1v) is 8.06. The molecule has 1 fully saturated rings. The molecule has 1 aliphatic heterocycles. The molecule has 136 valence electrons. The van der Waals surface area contributed by atoms with Crippen LogP contribution in [0.2, 0.25) is 0 Å². The highest BCUT2D eigenvalue weighted by Crippen LogP contribution is 2.29. The molecule has 2 aromatic carbocycles. The second kappa shape index (κ2) is 7.21. The van der Waals surface area contributed by atoms with Gasteiger partial charge in [-0.3, -0.25) is 4.79 Å². The van der Waals surface area contributed by atoms with Crippen LogP contribution in [0.5, 0.6) is 0 Å². The molecule has 3 rings (SSSR count). The van der Waals surface area contributed by atoms with E-state index in [9.17, 15) is 23.5 Å². The first-order chi connectivity index (χ1) is 12.4. The average Bonchev–Trinajstić information content (AvgIpc) is 2.81. The Morgan fingerprint density at radius 1 is 1.00 bits per heavy atom. The molecule has 0 aliphatic carbocycles. The Kier molecular flexibility index (Phi) is 4.99. The van der Waals surface area contributed by atoms with Crippen molar-refractivity contribution in [2.75, 3.05) is 26.3 Å². The van der Waals surface area contributed by atoms with E-state index in [2.05, 4.69) is 0 Å². The smallest absolute Gasteiger partial charge is 0.336 e. The number of aromatic carboxylic acids is 1. The molecule has 1 saturated heterocycles. The standard InChI is InChI=1S/C19H17F2NO4/c20-19(21)11-22(9-10-26-12-19)17(23)15-7-3-1-5-13(15)14-6-2-4-8-16(14)18(24)25/h1-8H,9-12H2,(H,24,25). The van der Waals surface area contributed by atoms with E-state index in [1.54, 1.807) is 36.4 Å². The van der Waals surface area contributed by atoms with Crippen molar-refractivity contribution < 1.29 is 28.2 Å². The third kappa shape index (κ3) is 3.72. The van der Waals surface area contributed by atoms with E-state index in [1.807, 2.05) is 0 Å². The predicted octanol–water partition coefficient (Wildman–Crippen LogP) is 3.16. The molecule has 0 atom stereocenters. The van der Waals surface area contributed by atoms with E-state index >= 15 is 0 Å². The molecule has 0 radical (unpaired) electrons. The van der Waals surface area contributed by atoms with Crippen molar-refractivity contribution in [1.29, 1.82) is 0 Å². The van der Waals surface area contributed by atoms with Gasteiger partial charge in [-0.05, 0) is 23.3 Å². The zero-order valence-electron chi connectivity index (χ0n) is 13.8. The highest BCUT2D eigenvalue weighted by atomic mass is 19.3. The van der Waals surface area contributed by atoms with Crippen LogP contribution in [0.15, 0.2) is 48.5 Å². The SMILES string of the molecule is O=C(O)c1ccccc1-c1ccccc1C(=O)N1CCOCC(F)(F)C1. The Balaban J connectivity index is 2.03. The molecule has 5 nitrogen and oxygen atoms in total. The van der Waals surface area contributed by atoms with Gasteiger partial charge in [-0.25, -0.2) is 13.6 Å². The van der Waals surface area contributed by atoms with Crippen LogP contribution in [0, 0.1) is 0 Å². The summed E-state index contributed by atoms with van der Waals surface area (Å²) in [5.74, 6) is -4.83. The molecule has 1 amide bonds. The van der Waals surface area contributed by atoms with E-state index in [-0.39, 0.29) is 24.3 Å². The Hall–Kier alpha value is -2.80. The Bertz CT molecular complexity index is 838. The van der Waals surface area contributed by atoms with Crippen molar-refractivity contribution in [2.24, 2.45) is 0 Å². The highest BCUT2D eigenvalue weighted by Gasteiger charge is 2.37. The van der Waals surface area contributed by atoms with Gasteiger partial charge in [0.1, 0.15) is 6.61 Å². The number of amides is 1. The zero-order chi connectivity index (χ0) is 18.7. The fourth-order valence-electron chi connectivity index (χ4n) is 2.95. The molecule has 26 heavy (non-hydrogen) atoms. The van der Waals surface area contributed by atoms with Crippen LogP contribution >= 0.6 is 0 Å². The third-order valence-electron chi connectivity index (χ3n) is 4.13. The van der Waals surface area contributed by atoms with E-state index in [1.165, 1.54) is 12.1 Å². The number of halogens is 2. The number of hydrogen-bond donors (Lipinski definition) is 1. The van der Waals surface area contributed by atoms with Crippen LogP contribution in [-0.4, -0.2) is 54.1 Å². The van der Waals surface area contributed by atoms with Crippen LogP contribution in [0.25, 0.3) is 11.1 Å². The van der Waals surface area contributed by atoms with Crippen molar-refractivity contribution in [3.05, 3.63) is 59.7 Å². The number of benzene rings is 2. The number of carbonyl (C=O) groups excluding carboxylic acids is 1. The van der Waals surface area contributed by atoms with E-state index in [0.29, 0.717) is 11.1 Å². The lowest BCUT2D eigenvalue weighted by molar-refractivity contribution is -0.0660. The van der Waals surface area contributed by atoms with Gasteiger partial charge < -0.3 is 14.7 Å². The first kappa shape index (κ1) is 18.0. The summed E-state index contributed by atoms with van der Waals surface area (Å²) in [5.41, 5.74) is 0.974. The minimum absolute atomic E-state index is 0.0230. The molecule has 1 N–H and O–H groups in total. The molecule has 0 bridgehead atoms. The minimum Gasteiger partial charge on any atom is -0.478 e. The molecule has 0 unspecified atom stereocenters. The highest BCUT2D eigenvalue weighted by molar-refractivity contribution is 6.04. The number of carbonyl (C=O) groups is 2. The molecule has 7 heteroatoms. The maximum Gasteiger partial charge on any atom is 0.336 e. The summed E-state index contributed by atoms with van der Waals surface area (Å²) in [6.45, 7) is -1.39. The first-order valence-electron chi connectivity index (χ1n) is 8.06. The number of hydrogen-bond acceptors (Lipinski definition) is 3.